The molecular formula is C14H18N4O3. The molecule has 1 aromatic rings. The molecule has 0 saturated heterocycles. The van der Waals surface area contributed by atoms with Crippen LogP contribution in [0.3, 0.4) is 0 Å². The number of carbonyl (C=O) groups is 3. The largest absolute Gasteiger partial charge is 0.370 e. The van der Waals surface area contributed by atoms with Crippen molar-refractivity contribution in [2.45, 2.75) is 26.3 Å². The number of nitrogens with one attached hydrogen (secondary N) is 3. The molecule has 1 aromatic carbocycles. The van der Waals surface area contributed by atoms with Gasteiger partial charge in [-0.25, -0.2) is 0 Å². The second kappa shape index (κ2) is 5.43. The normalized spacial score (nSPS) is 15.8. The van der Waals surface area contributed by atoms with Crippen LogP contribution in [0.4, 0.5) is 11.4 Å². The van der Waals surface area contributed by atoms with E-state index >= 15 is 0 Å². The molecule has 1 heterocycles. The fraction of sp³-hybridized carbons (Fsp3) is 0.357. The smallest absolute Gasteiger partial charge is 0.258 e. The van der Waals surface area contributed by atoms with Gasteiger partial charge in [-0.2, -0.15) is 0 Å². The van der Waals surface area contributed by atoms with Gasteiger partial charge in [0.2, 0.25) is 5.91 Å². The fourth-order valence-corrected chi connectivity index (χ4v) is 2.15. The third-order valence-corrected chi connectivity index (χ3v) is 3.10. The van der Waals surface area contributed by atoms with E-state index in [2.05, 4.69) is 16.2 Å². The Labute approximate surface area is 122 Å². The van der Waals surface area contributed by atoms with Gasteiger partial charge in [-0.1, -0.05) is 12.1 Å². The molecule has 0 aliphatic carbocycles. The number of hydrogen-bond acceptors (Lipinski definition) is 4. The van der Waals surface area contributed by atoms with Crippen LogP contribution in [-0.4, -0.2) is 29.8 Å². The van der Waals surface area contributed by atoms with Crippen LogP contribution in [0.15, 0.2) is 24.3 Å². The summed E-state index contributed by atoms with van der Waals surface area (Å²) in [6, 6.07) is 7.27. The van der Waals surface area contributed by atoms with E-state index in [-0.39, 0.29) is 18.4 Å². The minimum absolute atomic E-state index is 0.165. The molecule has 3 N–H and O–H groups in total. The summed E-state index contributed by atoms with van der Waals surface area (Å²) in [5.74, 6) is -1.05. The molecule has 0 unspecified atom stereocenters. The SMILES string of the molecule is CC(=O)NNC(=O)CN1C(=O)C(C)(C)Nc2ccccc21. The lowest BCUT2D eigenvalue weighted by Gasteiger charge is -2.39. The van der Waals surface area contributed by atoms with Gasteiger partial charge in [-0.05, 0) is 26.0 Å². The van der Waals surface area contributed by atoms with Gasteiger partial charge in [0.15, 0.2) is 0 Å². The van der Waals surface area contributed by atoms with Gasteiger partial charge in [0.25, 0.3) is 11.8 Å². The minimum Gasteiger partial charge on any atom is -0.370 e. The van der Waals surface area contributed by atoms with E-state index < -0.39 is 11.4 Å². The Balaban J connectivity index is 2.22. The third kappa shape index (κ3) is 3.13. The highest BCUT2D eigenvalue weighted by Crippen LogP contribution is 2.34. The maximum absolute atomic E-state index is 12.5. The number of anilines is 2. The average molecular weight is 290 g/mol. The van der Waals surface area contributed by atoms with E-state index in [0.29, 0.717) is 5.69 Å². The Hall–Kier alpha value is -2.57. The molecule has 21 heavy (non-hydrogen) atoms. The quantitative estimate of drug-likeness (QED) is 0.687. The maximum Gasteiger partial charge on any atom is 0.258 e. The summed E-state index contributed by atoms with van der Waals surface area (Å²) in [6.07, 6.45) is 0. The maximum atomic E-state index is 12.5. The van der Waals surface area contributed by atoms with Gasteiger partial charge < -0.3 is 5.32 Å². The number of benzene rings is 1. The van der Waals surface area contributed by atoms with Gasteiger partial charge in [0, 0.05) is 6.92 Å². The van der Waals surface area contributed by atoms with Gasteiger partial charge in [0.1, 0.15) is 12.1 Å². The van der Waals surface area contributed by atoms with Crippen LogP contribution in [0.5, 0.6) is 0 Å². The number of hydrogen-bond donors (Lipinski definition) is 3. The van der Waals surface area contributed by atoms with E-state index in [1.807, 2.05) is 12.1 Å². The molecule has 112 valence electrons. The van der Waals surface area contributed by atoms with Crippen LogP contribution >= 0.6 is 0 Å². The Morgan fingerprint density at radius 3 is 2.57 bits per heavy atom. The second-order valence-electron chi connectivity index (χ2n) is 5.39. The standard InChI is InChI=1S/C14H18N4O3/c1-9(19)16-17-12(20)8-18-11-7-5-4-6-10(11)15-14(2,3)13(18)21/h4-7,15H,8H2,1-3H3,(H,16,19)(H,17,20). The van der Waals surface area contributed by atoms with Gasteiger partial charge in [0.05, 0.1) is 11.4 Å². The summed E-state index contributed by atoms with van der Waals surface area (Å²) in [7, 11) is 0. The van der Waals surface area contributed by atoms with Crippen molar-refractivity contribution in [3.05, 3.63) is 24.3 Å². The van der Waals surface area contributed by atoms with E-state index in [1.165, 1.54) is 11.8 Å². The van der Waals surface area contributed by atoms with Crippen molar-refractivity contribution in [3.8, 4) is 0 Å². The van der Waals surface area contributed by atoms with Crippen LogP contribution in [0.25, 0.3) is 0 Å². The predicted molar refractivity (Wildman–Crippen MR) is 78.5 cm³/mol. The van der Waals surface area contributed by atoms with Crippen molar-refractivity contribution in [2.24, 2.45) is 0 Å². The number of carbonyl (C=O) groups excluding carboxylic acids is 3. The molecular weight excluding hydrogens is 272 g/mol. The van der Waals surface area contributed by atoms with Crippen molar-refractivity contribution >= 4 is 29.1 Å². The topological polar surface area (TPSA) is 90.5 Å². The minimum atomic E-state index is -0.803. The first-order valence-electron chi connectivity index (χ1n) is 6.56. The summed E-state index contributed by atoms with van der Waals surface area (Å²) < 4.78 is 0. The number of rotatable bonds is 2. The zero-order chi connectivity index (χ0) is 15.6. The molecule has 0 saturated carbocycles. The molecule has 1 aliphatic heterocycles. The molecule has 7 heteroatoms. The summed E-state index contributed by atoms with van der Waals surface area (Å²) in [4.78, 5) is 36.5. The van der Waals surface area contributed by atoms with Crippen LogP contribution in [0.2, 0.25) is 0 Å². The Kier molecular flexibility index (Phi) is 3.84. The van der Waals surface area contributed by atoms with E-state index in [4.69, 9.17) is 0 Å². The monoisotopic (exact) mass is 290 g/mol. The molecule has 0 fully saturated rings. The fourth-order valence-electron chi connectivity index (χ4n) is 2.15. The molecule has 0 radical (unpaired) electrons. The van der Waals surface area contributed by atoms with Gasteiger partial charge in [-0.3, -0.25) is 30.1 Å². The molecule has 0 atom stereocenters. The number of amides is 3. The Morgan fingerprint density at radius 1 is 1.24 bits per heavy atom. The highest BCUT2D eigenvalue weighted by atomic mass is 16.2. The molecule has 3 amide bonds. The molecule has 7 nitrogen and oxygen atoms in total. The lowest BCUT2D eigenvalue weighted by atomic mass is 9.98. The third-order valence-electron chi connectivity index (χ3n) is 3.10. The lowest BCUT2D eigenvalue weighted by Crippen LogP contribution is -2.57. The summed E-state index contributed by atoms with van der Waals surface area (Å²) in [5.41, 5.74) is 5.08. The average Bonchev–Trinajstić information content (AvgIpc) is 2.41. The van der Waals surface area contributed by atoms with Crippen LogP contribution in [-0.2, 0) is 14.4 Å². The predicted octanol–water partition coefficient (Wildman–Crippen LogP) is 0.391. The van der Waals surface area contributed by atoms with E-state index in [1.54, 1.807) is 26.0 Å². The Morgan fingerprint density at radius 2 is 1.90 bits per heavy atom. The molecule has 0 aromatic heterocycles. The van der Waals surface area contributed by atoms with Crippen LogP contribution in [0, 0.1) is 0 Å². The highest BCUT2D eigenvalue weighted by Gasteiger charge is 2.39. The number of para-hydroxylation sites is 2. The van der Waals surface area contributed by atoms with Crippen LogP contribution in [0.1, 0.15) is 20.8 Å². The van der Waals surface area contributed by atoms with Crippen molar-refractivity contribution < 1.29 is 14.4 Å². The van der Waals surface area contributed by atoms with Gasteiger partial charge in [-0.15, -0.1) is 0 Å². The van der Waals surface area contributed by atoms with Crippen LogP contribution < -0.4 is 21.1 Å². The summed E-state index contributed by atoms with van der Waals surface area (Å²) in [5, 5.41) is 3.15. The zero-order valence-corrected chi connectivity index (χ0v) is 12.2. The highest BCUT2D eigenvalue weighted by molar-refractivity contribution is 6.09. The molecule has 2 rings (SSSR count). The zero-order valence-electron chi connectivity index (χ0n) is 12.2. The van der Waals surface area contributed by atoms with Crippen molar-refractivity contribution in [2.75, 3.05) is 16.8 Å². The second-order valence-corrected chi connectivity index (χ2v) is 5.39. The number of fused-ring (bicyclic) bond motifs is 1. The lowest BCUT2D eigenvalue weighted by molar-refractivity contribution is -0.128. The first-order valence-corrected chi connectivity index (χ1v) is 6.56. The number of hydrazine groups is 1. The van der Waals surface area contributed by atoms with Crippen molar-refractivity contribution in [3.63, 3.8) is 0 Å². The Bertz CT molecular complexity index is 598. The first kappa shape index (κ1) is 14.8. The number of nitrogens with zero attached hydrogens (tertiary/aromatic N) is 1. The molecule has 0 spiro atoms. The molecule has 1 aliphatic rings. The van der Waals surface area contributed by atoms with E-state index in [9.17, 15) is 14.4 Å². The van der Waals surface area contributed by atoms with Gasteiger partial charge >= 0.3 is 0 Å². The first-order chi connectivity index (χ1) is 9.81. The summed E-state index contributed by atoms with van der Waals surface area (Å²) in [6.45, 7) is 4.63. The van der Waals surface area contributed by atoms with Crippen molar-refractivity contribution in [1.29, 1.82) is 0 Å². The molecule has 0 bridgehead atoms. The summed E-state index contributed by atoms with van der Waals surface area (Å²) >= 11 is 0. The van der Waals surface area contributed by atoms with Crippen molar-refractivity contribution in [1.82, 2.24) is 10.9 Å². The van der Waals surface area contributed by atoms with E-state index in [0.717, 1.165) is 5.69 Å².